The fourth-order valence-corrected chi connectivity index (χ4v) is 2.62. The Hall–Kier alpha value is -2.71. The molecular weight excluding hydrogens is 411 g/mol. The number of carbonyl (C=O) groups excluding carboxylic acids is 2. The summed E-state index contributed by atoms with van der Waals surface area (Å²) in [5.74, 6) is -0.407. The molecule has 0 fully saturated rings. The minimum atomic E-state index is -1.14. The molecular formula is C18H18Cl2N2O6. The van der Waals surface area contributed by atoms with Gasteiger partial charge in [0.05, 0.1) is 31.4 Å². The van der Waals surface area contributed by atoms with E-state index in [0.717, 1.165) is 0 Å². The lowest BCUT2D eigenvalue weighted by atomic mass is 10.1. The molecule has 0 aliphatic heterocycles. The number of methoxy groups -OCH3 is 3. The highest BCUT2D eigenvalue weighted by Gasteiger charge is 2.24. The van der Waals surface area contributed by atoms with Crippen LogP contribution in [0.1, 0.15) is 17.3 Å². The lowest BCUT2D eigenvalue weighted by molar-refractivity contribution is -0.123. The number of halogens is 2. The molecule has 0 bridgehead atoms. The molecule has 28 heavy (non-hydrogen) atoms. The third kappa shape index (κ3) is 4.96. The Morgan fingerprint density at radius 1 is 1.00 bits per heavy atom. The molecule has 2 rings (SSSR count). The number of pyridine rings is 1. The first-order chi connectivity index (χ1) is 13.3. The van der Waals surface area contributed by atoms with E-state index < -0.39 is 18.0 Å². The molecule has 1 aromatic carbocycles. The summed E-state index contributed by atoms with van der Waals surface area (Å²) < 4.78 is 20.8. The van der Waals surface area contributed by atoms with E-state index >= 15 is 0 Å². The average molecular weight is 429 g/mol. The molecule has 0 radical (unpaired) electrons. The molecule has 1 unspecified atom stereocenters. The van der Waals surface area contributed by atoms with Crippen LogP contribution in [0.2, 0.25) is 10.0 Å². The van der Waals surface area contributed by atoms with Crippen molar-refractivity contribution in [3.8, 4) is 17.2 Å². The number of esters is 1. The van der Waals surface area contributed by atoms with E-state index in [2.05, 4.69) is 10.3 Å². The monoisotopic (exact) mass is 428 g/mol. The van der Waals surface area contributed by atoms with Gasteiger partial charge >= 0.3 is 5.97 Å². The third-order valence-electron chi connectivity index (χ3n) is 3.63. The summed E-state index contributed by atoms with van der Waals surface area (Å²) in [6, 6.07) is 4.32. The lowest BCUT2D eigenvalue weighted by Gasteiger charge is -2.16. The van der Waals surface area contributed by atoms with Gasteiger partial charge < -0.3 is 24.3 Å². The number of anilines is 1. The van der Waals surface area contributed by atoms with Crippen molar-refractivity contribution in [1.82, 2.24) is 4.98 Å². The first-order valence-corrected chi connectivity index (χ1v) is 8.69. The standard InChI is InChI=1S/C18H18Cl2N2O6/c1-9(17(23)22-16-12(20)5-10(19)8-21-16)28-18(24)11-6-14(26-3)15(27-4)7-13(11)25-2/h5-9H,1-4H3,(H,21,22,23). The summed E-state index contributed by atoms with van der Waals surface area (Å²) in [4.78, 5) is 28.8. The van der Waals surface area contributed by atoms with E-state index in [-0.39, 0.29) is 22.2 Å². The number of nitrogens with one attached hydrogen (secondary N) is 1. The highest BCUT2D eigenvalue weighted by atomic mass is 35.5. The van der Waals surface area contributed by atoms with Gasteiger partial charge in [0.15, 0.2) is 23.4 Å². The van der Waals surface area contributed by atoms with Crippen molar-refractivity contribution in [3.63, 3.8) is 0 Å². The van der Waals surface area contributed by atoms with Gasteiger partial charge in [0.1, 0.15) is 11.3 Å². The van der Waals surface area contributed by atoms with Crippen LogP contribution in [0.15, 0.2) is 24.4 Å². The Labute approximate surface area is 171 Å². The van der Waals surface area contributed by atoms with Crippen LogP contribution in [-0.2, 0) is 9.53 Å². The number of amides is 1. The van der Waals surface area contributed by atoms with Gasteiger partial charge in [0.2, 0.25) is 0 Å². The van der Waals surface area contributed by atoms with Crippen molar-refractivity contribution < 1.29 is 28.5 Å². The van der Waals surface area contributed by atoms with Crippen LogP contribution in [0.5, 0.6) is 17.2 Å². The van der Waals surface area contributed by atoms with E-state index in [1.54, 1.807) is 0 Å². The predicted octanol–water partition coefficient (Wildman–Crippen LogP) is 3.60. The molecule has 0 aliphatic carbocycles. The first kappa shape index (κ1) is 21.6. The van der Waals surface area contributed by atoms with E-state index in [0.29, 0.717) is 16.5 Å². The minimum Gasteiger partial charge on any atom is -0.496 e. The number of ether oxygens (including phenoxy) is 4. The highest BCUT2D eigenvalue weighted by molar-refractivity contribution is 6.36. The number of aromatic nitrogens is 1. The second kappa shape index (κ2) is 9.48. The second-order valence-corrected chi connectivity index (χ2v) is 6.27. The second-order valence-electron chi connectivity index (χ2n) is 5.43. The number of hydrogen-bond donors (Lipinski definition) is 1. The van der Waals surface area contributed by atoms with E-state index in [9.17, 15) is 9.59 Å². The third-order valence-corrected chi connectivity index (χ3v) is 4.12. The lowest BCUT2D eigenvalue weighted by Crippen LogP contribution is -2.30. The van der Waals surface area contributed by atoms with Crippen molar-refractivity contribution in [1.29, 1.82) is 0 Å². The number of carbonyl (C=O) groups is 2. The Morgan fingerprint density at radius 2 is 1.61 bits per heavy atom. The SMILES string of the molecule is COc1cc(OC)c(C(=O)OC(C)C(=O)Nc2ncc(Cl)cc2Cl)cc1OC. The van der Waals surface area contributed by atoms with Crippen molar-refractivity contribution in [2.75, 3.05) is 26.6 Å². The Morgan fingerprint density at radius 3 is 2.18 bits per heavy atom. The summed E-state index contributed by atoms with van der Waals surface area (Å²) >= 11 is 11.7. The first-order valence-electron chi connectivity index (χ1n) is 7.93. The smallest absolute Gasteiger partial charge is 0.342 e. The molecule has 2 aromatic rings. The fourth-order valence-electron chi connectivity index (χ4n) is 2.19. The van der Waals surface area contributed by atoms with Crippen LogP contribution in [0.4, 0.5) is 5.82 Å². The Bertz CT molecular complexity index is 891. The van der Waals surface area contributed by atoms with E-state index in [4.69, 9.17) is 42.1 Å². The van der Waals surface area contributed by atoms with Gasteiger partial charge in [0, 0.05) is 18.3 Å². The van der Waals surface area contributed by atoms with Crippen LogP contribution >= 0.6 is 23.2 Å². The molecule has 0 saturated carbocycles. The fraction of sp³-hybridized carbons (Fsp3) is 0.278. The zero-order valence-corrected chi connectivity index (χ0v) is 17.1. The van der Waals surface area contributed by atoms with Gasteiger partial charge in [0.25, 0.3) is 5.91 Å². The van der Waals surface area contributed by atoms with E-state index in [1.807, 2.05) is 0 Å². The largest absolute Gasteiger partial charge is 0.496 e. The van der Waals surface area contributed by atoms with Crippen molar-refractivity contribution in [2.45, 2.75) is 13.0 Å². The van der Waals surface area contributed by atoms with Gasteiger partial charge in [-0.2, -0.15) is 0 Å². The zero-order chi connectivity index (χ0) is 20.8. The van der Waals surface area contributed by atoms with Crippen LogP contribution in [0.25, 0.3) is 0 Å². The molecule has 1 amide bonds. The summed E-state index contributed by atoms with van der Waals surface area (Å²) in [5.41, 5.74) is 0.0717. The van der Waals surface area contributed by atoms with Crippen LogP contribution in [-0.4, -0.2) is 44.3 Å². The quantitative estimate of drug-likeness (QED) is 0.672. The molecule has 8 nitrogen and oxygen atoms in total. The minimum absolute atomic E-state index is 0.0717. The van der Waals surface area contributed by atoms with Crippen LogP contribution in [0, 0.1) is 0 Å². The van der Waals surface area contributed by atoms with Gasteiger partial charge in [-0.25, -0.2) is 9.78 Å². The van der Waals surface area contributed by atoms with E-state index in [1.165, 1.54) is 52.6 Å². The number of nitrogens with zero attached hydrogens (tertiary/aromatic N) is 1. The maximum Gasteiger partial charge on any atom is 0.342 e. The molecule has 0 saturated heterocycles. The molecule has 1 atom stereocenters. The maximum absolute atomic E-state index is 12.5. The summed E-state index contributed by atoms with van der Waals surface area (Å²) in [6.07, 6.45) is 0.188. The zero-order valence-electron chi connectivity index (χ0n) is 15.5. The molecule has 150 valence electrons. The molecule has 0 aliphatic rings. The van der Waals surface area contributed by atoms with Crippen LogP contribution in [0.3, 0.4) is 0 Å². The molecule has 1 N–H and O–H groups in total. The van der Waals surface area contributed by atoms with Crippen molar-refractivity contribution >= 4 is 40.9 Å². The number of benzene rings is 1. The molecule has 1 heterocycles. The molecule has 10 heteroatoms. The van der Waals surface area contributed by atoms with Crippen molar-refractivity contribution in [3.05, 3.63) is 40.0 Å². The van der Waals surface area contributed by atoms with Gasteiger partial charge in [-0.3, -0.25) is 4.79 Å². The summed E-state index contributed by atoms with van der Waals surface area (Å²) in [6.45, 7) is 1.41. The molecule has 0 spiro atoms. The van der Waals surface area contributed by atoms with Gasteiger partial charge in [-0.05, 0) is 13.0 Å². The summed E-state index contributed by atoms with van der Waals surface area (Å²) in [5, 5.41) is 2.95. The summed E-state index contributed by atoms with van der Waals surface area (Å²) in [7, 11) is 4.28. The molecule has 1 aromatic heterocycles. The van der Waals surface area contributed by atoms with Crippen molar-refractivity contribution in [2.24, 2.45) is 0 Å². The van der Waals surface area contributed by atoms with Gasteiger partial charge in [-0.15, -0.1) is 0 Å². The maximum atomic E-state index is 12.5. The topological polar surface area (TPSA) is 96.0 Å². The number of rotatable bonds is 7. The highest BCUT2D eigenvalue weighted by Crippen LogP contribution is 2.35. The van der Waals surface area contributed by atoms with Gasteiger partial charge in [-0.1, -0.05) is 23.2 Å². The number of hydrogen-bond acceptors (Lipinski definition) is 7. The van der Waals surface area contributed by atoms with Crippen LogP contribution < -0.4 is 19.5 Å². The average Bonchev–Trinajstić information content (AvgIpc) is 2.68. The normalized spacial score (nSPS) is 11.4. The Kier molecular flexibility index (Phi) is 7.31. The Balaban J connectivity index is 2.16. The predicted molar refractivity (Wildman–Crippen MR) is 104 cm³/mol.